The largest absolute Gasteiger partial charge is 0.462 e. The number of carbonyl (C=O) groups is 1. The van der Waals surface area contributed by atoms with E-state index in [0.717, 1.165) is 4.90 Å². The molecule has 1 aromatic carbocycles. The fourth-order valence-corrected chi connectivity index (χ4v) is 2.67. The molecule has 0 fully saturated rings. The number of rotatable bonds is 4. The third-order valence-corrected chi connectivity index (χ3v) is 3.95. The Hall–Kier alpha value is -1.72. The second-order valence-corrected chi connectivity index (χ2v) is 5.31. The topological polar surface area (TPSA) is 65.2 Å². The van der Waals surface area contributed by atoms with Crippen LogP contribution in [-0.2, 0) is 4.74 Å². The predicted octanol–water partition coefficient (Wildman–Crippen LogP) is 3.65. The van der Waals surface area contributed by atoms with Gasteiger partial charge in [0.25, 0.3) is 0 Å². The Morgan fingerprint density at radius 1 is 1.45 bits per heavy atom. The van der Waals surface area contributed by atoms with E-state index >= 15 is 0 Å². The van der Waals surface area contributed by atoms with Crippen LogP contribution in [0, 0.1) is 0 Å². The second-order valence-electron chi connectivity index (χ2n) is 3.87. The van der Waals surface area contributed by atoms with Gasteiger partial charge in [0, 0.05) is 4.90 Å². The molecule has 104 valence electrons. The fraction of sp³-hybridized carbons (Fsp3) is 0.143. The fourth-order valence-electron chi connectivity index (χ4n) is 1.54. The van der Waals surface area contributed by atoms with Gasteiger partial charge in [-0.3, -0.25) is 0 Å². The first-order valence-electron chi connectivity index (χ1n) is 5.97. The van der Waals surface area contributed by atoms with Crippen molar-refractivity contribution in [1.82, 2.24) is 4.98 Å². The average molecular weight is 309 g/mol. The molecule has 2 N–H and O–H groups in total. The summed E-state index contributed by atoms with van der Waals surface area (Å²) in [7, 11) is 0. The summed E-state index contributed by atoms with van der Waals surface area (Å²) >= 11 is 7.41. The Balaban J connectivity index is 2.36. The van der Waals surface area contributed by atoms with Crippen molar-refractivity contribution in [1.29, 1.82) is 0 Å². The molecule has 6 heteroatoms. The van der Waals surface area contributed by atoms with Crippen LogP contribution in [0.4, 0.5) is 5.69 Å². The number of nitrogens with zero attached hydrogens (tertiary/aromatic N) is 1. The Morgan fingerprint density at radius 2 is 2.20 bits per heavy atom. The Kier molecular flexibility index (Phi) is 4.87. The molecule has 1 heterocycles. The Labute approximate surface area is 126 Å². The van der Waals surface area contributed by atoms with Gasteiger partial charge in [-0.25, -0.2) is 9.78 Å². The van der Waals surface area contributed by atoms with Gasteiger partial charge in [0.05, 0.1) is 29.1 Å². The van der Waals surface area contributed by atoms with Crippen molar-refractivity contribution in [3.05, 3.63) is 47.1 Å². The minimum Gasteiger partial charge on any atom is -0.462 e. The third-order valence-electron chi connectivity index (χ3n) is 2.41. The van der Waals surface area contributed by atoms with E-state index in [0.29, 0.717) is 27.9 Å². The van der Waals surface area contributed by atoms with E-state index in [1.807, 2.05) is 18.2 Å². The van der Waals surface area contributed by atoms with E-state index in [1.165, 1.54) is 18.0 Å². The summed E-state index contributed by atoms with van der Waals surface area (Å²) in [6.07, 6.45) is 1.50. The smallest absolute Gasteiger partial charge is 0.340 e. The van der Waals surface area contributed by atoms with Crippen LogP contribution in [-0.4, -0.2) is 17.6 Å². The van der Waals surface area contributed by atoms with Gasteiger partial charge in [-0.1, -0.05) is 35.5 Å². The van der Waals surface area contributed by atoms with Gasteiger partial charge in [-0.05, 0) is 25.1 Å². The molecular weight excluding hydrogens is 296 g/mol. The zero-order chi connectivity index (χ0) is 14.5. The number of ether oxygens (including phenoxy) is 1. The summed E-state index contributed by atoms with van der Waals surface area (Å²) in [6.45, 7) is 2.04. The maximum Gasteiger partial charge on any atom is 0.340 e. The van der Waals surface area contributed by atoms with Gasteiger partial charge in [0.15, 0.2) is 0 Å². The summed E-state index contributed by atoms with van der Waals surface area (Å²) in [4.78, 5) is 16.9. The number of anilines is 1. The molecule has 0 saturated carbocycles. The lowest BCUT2D eigenvalue weighted by Crippen LogP contribution is -2.08. The van der Waals surface area contributed by atoms with E-state index in [4.69, 9.17) is 22.1 Å². The molecule has 0 saturated heterocycles. The number of hydrogen-bond acceptors (Lipinski definition) is 5. The van der Waals surface area contributed by atoms with E-state index in [2.05, 4.69) is 4.98 Å². The number of nitrogen functional groups attached to an aromatic ring is 1. The highest BCUT2D eigenvalue weighted by molar-refractivity contribution is 7.99. The van der Waals surface area contributed by atoms with Crippen LogP contribution in [0.5, 0.6) is 0 Å². The van der Waals surface area contributed by atoms with E-state index in [1.54, 1.807) is 19.1 Å². The number of halogens is 1. The highest BCUT2D eigenvalue weighted by atomic mass is 35.5. The molecule has 0 atom stereocenters. The minimum absolute atomic E-state index is 0.295. The SMILES string of the molecule is CCOC(=O)c1cc(N)cnc1Sc1ccccc1Cl. The summed E-state index contributed by atoms with van der Waals surface area (Å²) < 4.78 is 5.01. The molecule has 0 aliphatic rings. The number of aromatic nitrogens is 1. The number of hydrogen-bond donors (Lipinski definition) is 1. The normalized spacial score (nSPS) is 10.3. The highest BCUT2D eigenvalue weighted by Crippen LogP contribution is 2.34. The van der Waals surface area contributed by atoms with Crippen molar-refractivity contribution in [2.24, 2.45) is 0 Å². The molecule has 1 aromatic heterocycles. The highest BCUT2D eigenvalue weighted by Gasteiger charge is 2.16. The first-order valence-corrected chi connectivity index (χ1v) is 7.16. The second kappa shape index (κ2) is 6.63. The Morgan fingerprint density at radius 3 is 2.90 bits per heavy atom. The van der Waals surface area contributed by atoms with Crippen molar-refractivity contribution in [2.75, 3.05) is 12.3 Å². The van der Waals surface area contributed by atoms with Gasteiger partial charge in [0.2, 0.25) is 0 Å². The first kappa shape index (κ1) is 14.7. The maximum atomic E-state index is 11.9. The molecule has 0 radical (unpaired) electrons. The standard InChI is InChI=1S/C14H13ClN2O2S/c1-2-19-14(18)10-7-9(16)8-17-13(10)20-12-6-4-3-5-11(12)15/h3-8H,2,16H2,1H3. The number of carbonyl (C=O) groups excluding carboxylic acids is 1. The van der Waals surface area contributed by atoms with Crippen LogP contribution in [0.3, 0.4) is 0 Å². The summed E-state index contributed by atoms with van der Waals surface area (Å²) in [5.74, 6) is -0.443. The number of pyridine rings is 1. The number of nitrogens with two attached hydrogens (primary N) is 1. The lowest BCUT2D eigenvalue weighted by molar-refractivity contribution is 0.0521. The Bertz CT molecular complexity index is 634. The predicted molar refractivity (Wildman–Crippen MR) is 80.2 cm³/mol. The zero-order valence-corrected chi connectivity index (χ0v) is 12.4. The lowest BCUT2D eigenvalue weighted by atomic mass is 10.3. The van der Waals surface area contributed by atoms with E-state index in [-0.39, 0.29) is 0 Å². The molecule has 0 aliphatic carbocycles. The van der Waals surface area contributed by atoms with Gasteiger partial charge >= 0.3 is 5.97 Å². The van der Waals surface area contributed by atoms with Crippen molar-refractivity contribution in [3.63, 3.8) is 0 Å². The molecule has 0 spiro atoms. The molecule has 4 nitrogen and oxygen atoms in total. The van der Waals surface area contributed by atoms with Gasteiger partial charge < -0.3 is 10.5 Å². The van der Waals surface area contributed by atoms with Crippen LogP contribution in [0.1, 0.15) is 17.3 Å². The molecule has 0 unspecified atom stereocenters. The van der Waals surface area contributed by atoms with Crippen LogP contribution < -0.4 is 5.73 Å². The first-order chi connectivity index (χ1) is 9.61. The summed E-state index contributed by atoms with van der Waals surface area (Å²) in [6, 6.07) is 8.92. The van der Waals surface area contributed by atoms with Crippen LogP contribution >= 0.6 is 23.4 Å². The van der Waals surface area contributed by atoms with Gasteiger partial charge in [-0.15, -0.1) is 0 Å². The molecule has 2 rings (SSSR count). The molecule has 0 bridgehead atoms. The molecular formula is C14H13ClN2O2S. The average Bonchev–Trinajstić information content (AvgIpc) is 2.43. The third kappa shape index (κ3) is 3.43. The summed E-state index contributed by atoms with van der Waals surface area (Å²) in [5.41, 5.74) is 6.44. The van der Waals surface area contributed by atoms with Gasteiger partial charge in [0.1, 0.15) is 5.03 Å². The molecule has 0 amide bonds. The monoisotopic (exact) mass is 308 g/mol. The van der Waals surface area contributed by atoms with Gasteiger partial charge in [-0.2, -0.15) is 0 Å². The summed E-state index contributed by atoms with van der Waals surface area (Å²) in [5, 5.41) is 1.12. The van der Waals surface area contributed by atoms with E-state index in [9.17, 15) is 4.79 Å². The van der Waals surface area contributed by atoms with Crippen LogP contribution in [0.15, 0.2) is 46.5 Å². The zero-order valence-electron chi connectivity index (χ0n) is 10.8. The van der Waals surface area contributed by atoms with Crippen molar-refractivity contribution in [2.45, 2.75) is 16.8 Å². The molecule has 20 heavy (non-hydrogen) atoms. The van der Waals surface area contributed by atoms with Crippen LogP contribution in [0.2, 0.25) is 5.02 Å². The maximum absolute atomic E-state index is 11.9. The number of benzene rings is 1. The molecule has 2 aromatic rings. The van der Waals surface area contributed by atoms with Crippen molar-refractivity contribution >= 4 is 35.0 Å². The van der Waals surface area contributed by atoms with Crippen LogP contribution in [0.25, 0.3) is 0 Å². The molecule has 0 aliphatic heterocycles. The van der Waals surface area contributed by atoms with Crippen molar-refractivity contribution < 1.29 is 9.53 Å². The van der Waals surface area contributed by atoms with E-state index < -0.39 is 5.97 Å². The number of esters is 1. The minimum atomic E-state index is -0.443. The lowest BCUT2D eigenvalue weighted by Gasteiger charge is -2.09. The quantitative estimate of drug-likeness (QED) is 0.873. The van der Waals surface area contributed by atoms with Crippen molar-refractivity contribution in [3.8, 4) is 0 Å².